The summed E-state index contributed by atoms with van der Waals surface area (Å²) in [6, 6.07) is 8.32. The van der Waals surface area contributed by atoms with Gasteiger partial charge in [-0.05, 0) is 41.1 Å². The van der Waals surface area contributed by atoms with Crippen molar-refractivity contribution in [1.29, 1.82) is 0 Å². The predicted octanol–water partition coefficient (Wildman–Crippen LogP) is 3.75. The topological polar surface area (TPSA) is 18.5 Å². The molecule has 0 bridgehead atoms. The third-order valence-corrected chi connectivity index (χ3v) is 3.52. The molecule has 0 aliphatic carbocycles. The van der Waals surface area contributed by atoms with Crippen LogP contribution in [0.5, 0.6) is 0 Å². The van der Waals surface area contributed by atoms with Gasteiger partial charge in [0, 0.05) is 15.1 Å². The predicted molar refractivity (Wildman–Crippen MR) is 72.2 cm³/mol. The van der Waals surface area contributed by atoms with Gasteiger partial charge in [0.2, 0.25) is 0 Å². The molecule has 0 saturated carbocycles. The molecule has 1 aliphatic heterocycles. The Kier molecular flexibility index (Phi) is 4.61. The highest BCUT2D eigenvalue weighted by atomic mass is 127. The van der Waals surface area contributed by atoms with Crippen LogP contribution in [0.3, 0.4) is 0 Å². The highest BCUT2D eigenvalue weighted by Gasteiger charge is 2.22. The molecule has 1 aliphatic rings. The van der Waals surface area contributed by atoms with Gasteiger partial charge < -0.3 is 9.47 Å². The van der Waals surface area contributed by atoms with E-state index in [0.717, 1.165) is 18.8 Å². The van der Waals surface area contributed by atoms with Gasteiger partial charge >= 0.3 is 0 Å². The maximum Gasteiger partial charge on any atom is 0.183 e. The quantitative estimate of drug-likeness (QED) is 0.785. The largest absolute Gasteiger partial charge is 0.348 e. The van der Waals surface area contributed by atoms with E-state index in [4.69, 9.17) is 9.47 Å². The summed E-state index contributed by atoms with van der Waals surface area (Å²) < 4.78 is 12.7. The summed E-state index contributed by atoms with van der Waals surface area (Å²) in [4.78, 5) is 0. The van der Waals surface area contributed by atoms with Crippen LogP contribution in [0, 0.1) is 9.49 Å². The van der Waals surface area contributed by atoms with Gasteiger partial charge in [-0.3, -0.25) is 0 Å². The van der Waals surface area contributed by atoms with Crippen LogP contribution in [-0.2, 0) is 9.47 Å². The molecule has 0 radical (unpaired) electrons. The van der Waals surface area contributed by atoms with Crippen molar-refractivity contribution in [1.82, 2.24) is 0 Å². The van der Waals surface area contributed by atoms with E-state index in [9.17, 15) is 0 Å². The Bertz CT molecular complexity index is 315. The lowest BCUT2D eigenvalue weighted by atomic mass is 10.1. The highest BCUT2D eigenvalue weighted by Crippen LogP contribution is 2.26. The molecule has 88 valence electrons. The second-order valence-corrected chi connectivity index (χ2v) is 5.45. The van der Waals surface area contributed by atoms with Gasteiger partial charge in [0.05, 0.1) is 13.2 Å². The van der Waals surface area contributed by atoms with E-state index in [0.29, 0.717) is 5.92 Å². The van der Waals surface area contributed by atoms with Crippen LogP contribution in [0.1, 0.15) is 31.6 Å². The normalized spacial score (nSPS) is 25.6. The minimum atomic E-state index is -0.162. The molecule has 0 atom stereocenters. The van der Waals surface area contributed by atoms with Gasteiger partial charge in [-0.1, -0.05) is 25.5 Å². The fourth-order valence-electron chi connectivity index (χ4n) is 1.93. The summed E-state index contributed by atoms with van der Waals surface area (Å²) in [5.74, 6) is 0.574. The summed E-state index contributed by atoms with van der Waals surface area (Å²) in [5.41, 5.74) is 1.12. The molecule has 0 spiro atoms. The van der Waals surface area contributed by atoms with E-state index in [1.165, 1.54) is 16.4 Å². The molecule has 1 heterocycles. The maximum atomic E-state index is 5.74. The minimum absolute atomic E-state index is 0.162. The average molecular weight is 332 g/mol. The summed E-state index contributed by atoms with van der Waals surface area (Å²) in [5, 5.41) is 0. The molecular formula is C13H17IO2. The molecule has 2 nitrogen and oxygen atoms in total. The van der Waals surface area contributed by atoms with Gasteiger partial charge in [0.25, 0.3) is 0 Å². The minimum Gasteiger partial charge on any atom is -0.348 e. The third-order valence-electron chi connectivity index (χ3n) is 2.81. The van der Waals surface area contributed by atoms with Crippen molar-refractivity contribution in [2.45, 2.75) is 26.1 Å². The number of halogens is 1. The van der Waals surface area contributed by atoms with Crippen LogP contribution in [-0.4, -0.2) is 13.2 Å². The number of rotatable bonds is 3. The molecule has 1 aromatic carbocycles. The first kappa shape index (κ1) is 12.3. The first-order chi connectivity index (χ1) is 7.79. The number of benzene rings is 1. The lowest BCUT2D eigenvalue weighted by Gasteiger charge is -2.29. The van der Waals surface area contributed by atoms with Crippen molar-refractivity contribution >= 4 is 22.6 Å². The molecule has 3 heteroatoms. The second-order valence-electron chi connectivity index (χ2n) is 4.20. The Labute approximate surface area is 110 Å². The molecule has 0 unspecified atom stereocenters. The van der Waals surface area contributed by atoms with Crippen molar-refractivity contribution in [2.24, 2.45) is 5.92 Å². The fraction of sp³-hybridized carbons (Fsp3) is 0.538. The van der Waals surface area contributed by atoms with E-state index in [1.54, 1.807) is 0 Å². The first-order valence-electron chi connectivity index (χ1n) is 5.78. The molecule has 1 saturated heterocycles. The van der Waals surface area contributed by atoms with Crippen LogP contribution >= 0.6 is 22.6 Å². The van der Waals surface area contributed by atoms with Crippen molar-refractivity contribution in [3.63, 3.8) is 0 Å². The highest BCUT2D eigenvalue weighted by molar-refractivity contribution is 14.1. The first-order valence-corrected chi connectivity index (χ1v) is 6.86. The summed E-state index contributed by atoms with van der Waals surface area (Å²) in [6.07, 6.45) is 2.23. The van der Waals surface area contributed by atoms with Crippen LogP contribution < -0.4 is 0 Å². The molecule has 16 heavy (non-hydrogen) atoms. The van der Waals surface area contributed by atoms with Gasteiger partial charge in [-0.25, -0.2) is 0 Å². The van der Waals surface area contributed by atoms with Crippen molar-refractivity contribution in [3.05, 3.63) is 33.4 Å². The smallest absolute Gasteiger partial charge is 0.183 e. The van der Waals surface area contributed by atoms with E-state index in [1.807, 2.05) is 0 Å². The molecule has 1 fully saturated rings. The van der Waals surface area contributed by atoms with E-state index in [-0.39, 0.29) is 6.29 Å². The number of hydrogen-bond acceptors (Lipinski definition) is 2. The van der Waals surface area contributed by atoms with Crippen LogP contribution in [0.2, 0.25) is 0 Å². The standard InChI is InChI=1S/C13H17IO2/c1-2-3-10-8-15-13(16-9-10)11-4-6-12(14)7-5-11/h4-7,10,13H,2-3,8-9H2,1H3. The summed E-state index contributed by atoms with van der Waals surface area (Å²) in [7, 11) is 0. The number of hydrogen-bond donors (Lipinski definition) is 0. The van der Waals surface area contributed by atoms with Crippen molar-refractivity contribution in [2.75, 3.05) is 13.2 Å². The Morgan fingerprint density at radius 3 is 2.38 bits per heavy atom. The Morgan fingerprint density at radius 2 is 1.81 bits per heavy atom. The fourth-order valence-corrected chi connectivity index (χ4v) is 2.29. The third kappa shape index (κ3) is 3.18. The zero-order valence-electron chi connectivity index (χ0n) is 9.49. The summed E-state index contributed by atoms with van der Waals surface area (Å²) >= 11 is 2.30. The SMILES string of the molecule is CCCC1COC(c2ccc(I)cc2)OC1. The lowest BCUT2D eigenvalue weighted by Crippen LogP contribution is -2.26. The van der Waals surface area contributed by atoms with Gasteiger partial charge in [-0.15, -0.1) is 0 Å². The Morgan fingerprint density at radius 1 is 1.19 bits per heavy atom. The second kappa shape index (κ2) is 5.98. The zero-order valence-corrected chi connectivity index (χ0v) is 11.6. The van der Waals surface area contributed by atoms with Gasteiger partial charge in [0.15, 0.2) is 6.29 Å². The Hall–Kier alpha value is -0.130. The zero-order chi connectivity index (χ0) is 11.4. The Balaban J connectivity index is 1.91. The molecule has 2 rings (SSSR count). The van der Waals surface area contributed by atoms with E-state index < -0.39 is 0 Å². The molecule has 1 aromatic rings. The maximum absolute atomic E-state index is 5.74. The molecule has 0 aromatic heterocycles. The average Bonchev–Trinajstić information content (AvgIpc) is 2.32. The van der Waals surface area contributed by atoms with Gasteiger partial charge in [0.1, 0.15) is 0 Å². The van der Waals surface area contributed by atoms with Crippen LogP contribution in [0.25, 0.3) is 0 Å². The molecule has 0 amide bonds. The number of ether oxygens (including phenoxy) is 2. The monoisotopic (exact) mass is 332 g/mol. The van der Waals surface area contributed by atoms with Crippen LogP contribution in [0.4, 0.5) is 0 Å². The lowest BCUT2D eigenvalue weighted by molar-refractivity contribution is -0.206. The molecular weight excluding hydrogens is 315 g/mol. The van der Waals surface area contributed by atoms with Gasteiger partial charge in [-0.2, -0.15) is 0 Å². The van der Waals surface area contributed by atoms with Crippen LogP contribution in [0.15, 0.2) is 24.3 Å². The van der Waals surface area contributed by atoms with Crippen molar-refractivity contribution < 1.29 is 9.47 Å². The van der Waals surface area contributed by atoms with E-state index in [2.05, 4.69) is 53.8 Å². The summed E-state index contributed by atoms with van der Waals surface area (Å²) in [6.45, 7) is 3.85. The van der Waals surface area contributed by atoms with E-state index >= 15 is 0 Å². The van der Waals surface area contributed by atoms with Crippen molar-refractivity contribution in [3.8, 4) is 0 Å². The molecule has 0 N–H and O–H groups in total.